The van der Waals surface area contributed by atoms with Gasteiger partial charge in [-0.05, 0) is 58.4 Å². The molecule has 0 spiro atoms. The van der Waals surface area contributed by atoms with Crippen LogP contribution in [0.3, 0.4) is 0 Å². The smallest absolute Gasteiger partial charge is 0.0194 e. The molecule has 0 saturated heterocycles. The fourth-order valence-corrected chi connectivity index (χ4v) is 2.63. The van der Waals surface area contributed by atoms with Crippen molar-refractivity contribution in [3.63, 3.8) is 0 Å². The van der Waals surface area contributed by atoms with Gasteiger partial charge in [0.05, 0.1) is 0 Å². The van der Waals surface area contributed by atoms with Crippen LogP contribution in [0.4, 0.5) is 0 Å². The van der Waals surface area contributed by atoms with E-state index < -0.39 is 0 Å². The molecule has 0 heterocycles. The summed E-state index contributed by atoms with van der Waals surface area (Å²) in [6, 6.07) is 6.74. The number of halogens is 1. The summed E-state index contributed by atoms with van der Waals surface area (Å²) in [4.78, 5) is 0. The van der Waals surface area contributed by atoms with Gasteiger partial charge in [0.1, 0.15) is 0 Å². The van der Waals surface area contributed by atoms with Crippen LogP contribution in [0.1, 0.15) is 38.8 Å². The van der Waals surface area contributed by atoms with Gasteiger partial charge in [-0.15, -0.1) is 0 Å². The molecule has 0 radical (unpaired) electrons. The van der Waals surface area contributed by atoms with Crippen LogP contribution in [-0.4, -0.2) is 0 Å². The van der Waals surface area contributed by atoms with Gasteiger partial charge < -0.3 is 0 Å². The van der Waals surface area contributed by atoms with Gasteiger partial charge in [-0.1, -0.05) is 45.9 Å². The first-order valence-electron chi connectivity index (χ1n) is 5.77. The normalized spacial score (nSPS) is 11.4. The summed E-state index contributed by atoms with van der Waals surface area (Å²) in [5.74, 6) is 1.49. The third-order valence-corrected chi connectivity index (χ3v) is 3.80. The van der Waals surface area contributed by atoms with Crippen molar-refractivity contribution in [2.24, 2.45) is 11.8 Å². The van der Waals surface area contributed by atoms with Gasteiger partial charge in [-0.3, -0.25) is 0 Å². The van der Waals surface area contributed by atoms with Crippen molar-refractivity contribution in [1.29, 1.82) is 0 Å². The monoisotopic (exact) mass is 316 g/mol. The molecule has 84 valence electrons. The van der Waals surface area contributed by atoms with Gasteiger partial charge in [0.2, 0.25) is 0 Å². The molecule has 0 unspecified atom stereocenters. The van der Waals surface area contributed by atoms with Gasteiger partial charge >= 0.3 is 0 Å². The second-order valence-corrected chi connectivity index (χ2v) is 6.16. The zero-order valence-corrected chi connectivity index (χ0v) is 12.3. The Morgan fingerprint density at radius 2 is 1.33 bits per heavy atom. The van der Waals surface area contributed by atoms with E-state index in [9.17, 15) is 0 Å². The van der Waals surface area contributed by atoms with E-state index in [-0.39, 0.29) is 0 Å². The Bertz CT molecular complexity index is 285. The highest BCUT2D eigenvalue weighted by Crippen LogP contribution is 2.22. The van der Waals surface area contributed by atoms with E-state index in [4.69, 9.17) is 0 Å². The molecular weight excluding hydrogens is 295 g/mol. The minimum absolute atomic E-state index is 0.743. The summed E-state index contributed by atoms with van der Waals surface area (Å²) in [6.07, 6.45) is 2.40. The standard InChI is InChI=1S/C14H21I/c1-10(2)8-12-6-5-7-13(14(12)15)9-11(3)4/h5-7,10-11H,8-9H2,1-4H3. The molecule has 0 aliphatic carbocycles. The lowest BCUT2D eigenvalue weighted by atomic mass is 9.97. The molecular formula is C14H21I. The first-order valence-corrected chi connectivity index (χ1v) is 6.84. The molecule has 0 aromatic heterocycles. The van der Waals surface area contributed by atoms with E-state index in [0.29, 0.717) is 0 Å². The van der Waals surface area contributed by atoms with E-state index in [0.717, 1.165) is 11.8 Å². The summed E-state index contributed by atoms with van der Waals surface area (Å²) in [6.45, 7) is 9.13. The fourth-order valence-electron chi connectivity index (χ4n) is 1.83. The molecule has 0 saturated carbocycles. The van der Waals surface area contributed by atoms with Crippen LogP contribution >= 0.6 is 22.6 Å². The van der Waals surface area contributed by atoms with E-state index in [2.05, 4.69) is 68.5 Å². The van der Waals surface area contributed by atoms with Gasteiger partial charge in [-0.25, -0.2) is 0 Å². The van der Waals surface area contributed by atoms with Crippen LogP contribution in [0.15, 0.2) is 18.2 Å². The van der Waals surface area contributed by atoms with Crippen LogP contribution in [0, 0.1) is 15.4 Å². The van der Waals surface area contributed by atoms with Crippen LogP contribution in [0.2, 0.25) is 0 Å². The minimum Gasteiger partial charge on any atom is -0.0625 e. The number of hydrogen-bond donors (Lipinski definition) is 0. The number of rotatable bonds is 4. The third-order valence-electron chi connectivity index (χ3n) is 2.41. The topological polar surface area (TPSA) is 0 Å². The van der Waals surface area contributed by atoms with Gasteiger partial charge in [0.15, 0.2) is 0 Å². The Labute approximate surface area is 108 Å². The van der Waals surface area contributed by atoms with Crippen molar-refractivity contribution in [2.75, 3.05) is 0 Å². The van der Waals surface area contributed by atoms with Crippen molar-refractivity contribution in [2.45, 2.75) is 40.5 Å². The summed E-state index contributed by atoms with van der Waals surface area (Å²) in [5, 5.41) is 0. The molecule has 0 aliphatic heterocycles. The Morgan fingerprint density at radius 3 is 1.67 bits per heavy atom. The molecule has 0 bridgehead atoms. The van der Waals surface area contributed by atoms with Crippen molar-refractivity contribution >= 4 is 22.6 Å². The molecule has 0 N–H and O–H groups in total. The molecule has 0 amide bonds. The van der Waals surface area contributed by atoms with Gasteiger partial charge in [0.25, 0.3) is 0 Å². The van der Waals surface area contributed by atoms with E-state index in [1.807, 2.05) is 0 Å². The van der Waals surface area contributed by atoms with Crippen LogP contribution in [0.25, 0.3) is 0 Å². The zero-order valence-electron chi connectivity index (χ0n) is 10.2. The van der Waals surface area contributed by atoms with Crippen molar-refractivity contribution in [1.82, 2.24) is 0 Å². The quantitative estimate of drug-likeness (QED) is 0.707. The lowest BCUT2D eigenvalue weighted by Gasteiger charge is -2.13. The maximum atomic E-state index is 2.51. The van der Waals surface area contributed by atoms with Crippen LogP contribution in [-0.2, 0) is 12.8 Å². The highest BCUT2D eigenvalue weighted by atomic mass is 127. The average Bonchev–Trinajstić information content (AvgIpc) is 2.10. The van der Waals surface area contributed by atoms with Gasteiger partial charge in [-0.2, -0.15) is 0 Å². The second kappa shape index (κ2) is 5.88. The van der Waals surface area contributed by atoms with Crippen LogP contribution in [0.5, 0.6) is 0 Å². The molecule has 0 aliphatic rings. The zero-order chi connectivity index (χ0) is 11.4. The highest BCUT2D eigenvalue weighted by molar-refractivity contribution is 14.1. The SMILES string of the molecule is CC(C)Cc1cccc(CC(C)C)c1I. The van der Waals surface area contributed by atoms with Gasteiger partial charge in [0, 0.05) is 3.57 Å². The largest absolute Gasteiger partial charge is 0.0625 e. The van der Waals surface area contributed by atoms with Crippen LogP contribution < -0.4 is 0 Å². The molecule has 1 aromatic rings. The van der Waals surface area contributed by atoms with E-state index >= 15 is 0 Å². The Morgan fingerprint density at radius 1 is 0.933 bits per heavy atom. The first kappa shape index (κ1) is 13.0. The molecule has 1 aromatic carbocycles. The van der Waals surface area contributed by atoms with Crippen molar-refractivity contribution < 1.29 is 0 Å². The van der Waals surface area contributed by atoms with E-state index in [1.165, 1.54) is 27.5 Å². The van der Waals surface area contributed by atoms with Crippen molar-refractivity contribution in [3.8, 4) is 0 Å². The first-order chi connectivity index (χ1) is 7.00. The fraction of sp³-hybridized carbons (Fsp3) is 0.571. The highest BCUT2D eigenvalue weighted by Gasteiger charge is 2.08. The maximum Gasteiger partial charge on any atom is 0.0194 e. The maximum absolute atomic E-state index is 2.51. The average molecular weight is 316 g/mol. The molecule has 1 heteroatoms. The summed E-state index contributed by atoms with van der Waals surface area (Å²) >= 11 is 2.51. The third kappa shape index (κ3) is 4.13. The Balaban J connectivity index is 2.90. The summed E-state index contributed by atoms with van der Waals surface area (Å²) in [7, 11) is 0. The molecule has 0 nitrogen and oxygen atoms in total. The minimum atomic E-state index is 0.743. The predicted molar refractivity (Wildman–Crippen MR) is 76.2 cm³/mol. The van der Waals surface area contributed by atoms with Crippen molar-refractivity contribution in [3.05, 3.63) is 32.9 Å². The Hall–Kier alpha value is -0.0500. The Kier molecular flexibility index (Phi) is 5.10. The number of hydrogen-bond acceptors (Lipinski definition) is 0. The lowest BCUT2D eigenvalue weighted by Crippen LogP contribution is -2.02. The molecule has 0 atom stereocenters. The predicted octanol–water partition coefficient (Wildman–Crippen LogP) is 4.69. The molecule has 0 fully saturated rings. The lowest BCUT2D eigenvalue weighted by molar-refractivity contribution is 0.632. The molecule has 15 heavy (non-hydrogen) atoms. The second-order valence-electron chi connectivity index (χ2n) is 5.09. The molecule has 1 rings (SSSR count). The summed E-state index contributed by atoms with van der Waals surface area (Å²) in [5.41, 5.74) is 3.03. The number of benzene rings is 1. The summed E-state index contributed by atoms with van der Waals surface area (Å²) < 4.78 is 1.48. The van der Waals surface area contributed by atoms with E-state index in [1.54, 1.807) is 0 Å².